The van der Waals surface area contributed by atoms with E-state index in [-0.39, 0.29) is 0 Å². The summed E-state index contributed by atoms with van der Waals surface area (Å²) in [6, 6.07) is 12.4. The van der Waals surface area contributed by atoms with Crippen LogP contribution in [0.15, 0.2) is 40.9 Å². The minimum atomic E-state index is 0.559. The summed E-state index contributed by atoms with van der Waals surface area (Å²) < 4.78 is 1.11. The molecule has 0 nitrogen and oxygen atoms in total. The summed E-state index contributed by atoms with van der Waals surface area (Å²) in [6.07, 6.45) is 0. The molecule has 2 aromatic carbocycles. The Morgan fingerprint density at radius 3 is 2.69 bits per heavy atom. The summed E-state index contributed by atoms with van der Waals surface area (Å²) in [5.41, 5.74) is 1.15. The Labute approximate surface area is 90.6 Å². The highest BCUT2D eigenvalue weighted by Crippen LogP contribution is 2.26. The molecule has 13 heavy (non-hydrogen) atoms. The predicted molar refractivity (Wildman–Crippen MR) is 61.2 cm³/mol. The average molecular weight is 256 g/mol. The van der Waals surface area contributed by atoms with Crippen LogP contribution in [0.2, 0.25) is 0 Å². The van der Waals surface area contributed by atoms with E-state index in [2.05, 4.69) is 40.2 Å². The second-order valence-electron chi connectivity index (χ2n) is 2.93. The van der Waals surface area contributed by atoms with Gasteiger partial charge in [0.2, 0.25) is 0 Å². The van der Waals surface area contributed by atoms with Crippen molar-refractivity contribution in [2.24, 2.45) is 0 Å². The molecule has 0 atom stereocenters. The summed E-state index contributed by atoms with van der Waals surface area (Å²) in [7, 11) is 0. The first-order chi connectivity index (χ1) is 6.31. The summed E-state index contributed by atoms with van der Waals surface area (Å²) in [4.78, 5) is 0. The van der Waals surface area contributed by atoms with Crippen LogP contribution in [0.4, 0.5) is 0 Å². The molecule has 0 aliphatic carbocycles. The largest absolute Gasteiger partial charge is 0.122 e. The SMILES string of the molecule is ClCc1cc(Br)c2ccccc2c1. The molecule has 0 N–H and O–H groups in total. The molecule has 0 bridgehead atoms. The molecule has 0 aliphatic rings. The van der Waals surface area contributed by atoms with Gasteiger partial charge in [0.1, 0.15) is 0 Å². The second kappa shape index (κ2) is 3.69. The van der Waals surface area contributed by atoms with Crippen LogP contribution in [0.1, 0.15) is 5.56 Å². The lowest BCUT2D eigenvalue weighted by atomic mass is 10.1. The molecule has 0 saturated carbocycles. The third-order valence-corrected chi connectivity index (χ3v) is 2.99. The molecule has 0 fully saturated rings. The van der Waals surface area contributed by atoms with Crippen molar-refractivity contribution in [3.05, 3.63) is 46.4 Å². The lowest BCUT2D eigenvalue weighted by molar-refractivity contribution is 1.42. The van der Waals surface area contributed by atoms with Crippen LogP contribution in [0.5, 0.6) is 0 Å². The molecule has 0 spiro atoms. The maximum atomic E-state index is 5.78. The van der Waals surface area contributed by atoms with Gasteiger partial charge in [0, 0.05) is 10.4 Å². The highest BCUT2D eigenvalue weighted by atomic mass is 79.9. The number of benzene rings is 2. The fourth-order valence-electron chi connectivity index (χ4n) is 1.40. The Kier molecular flexibility index (Phi) is 2.56. The van der Waals surface area contributed by atoms with E-state index >= 15 is 0 Å². The van der Waals surface area contributed by atoms with E-state index in [0.29, 0.717) is 5.88 Å². The number of alkyl halides is 1. The third kappa shape index (κ3) is 1.72. The zero-order chi connectivity index (χ0) is 9.26. The van der Waals surface area contributed by atoms with Gasteiger partial charge in [0.15, 0.2) is 0 Å². The van der Waals surface area contributed by atoms with Crippen molar-refractivity contribution < 1.29 is 0 Å². The highest BCUT2D eigenvalue weighted by molar-refractivity contribution is 9.10. The number of hydrogen-bond acceptors (Lipinski definition) is 0. The van der Waals surface area contributed by atoms with Crippen molar-refractivity contribution in [1.29, 1.82) is 0 Å². The van der Waals surface area contributed by atoms with E-state index in [0.717, 1.165) is 10.0 Å². The molecule has 0 aromatic heterocycles. The van der Waals surface area contributed by atoms with Crippen LogP contribution in [0.3, 0.4) is 0 Å². The van der Waals surface area contributed by atoms with E-state index < -0.39 is 0 Å². The van der Waals surface area contributed by atoms with Crippen LogP contribution in [-0.4, -0.2) is 0 Å². The number of hydrogen-bond donors (Lipinski definition) is 0. The second-order valence-corrected chi connectivity index (χ2v) is 4.05. The minimum absolute atomic E-state index is 0.559. The lowest BCUT2D eigenvalue weighted by Gasteiger charge is -2.02. The van der Waals surface area contributed by atoms with Crippen molar-refractivity contribution >= 4 is 38.3 Å². The Morgan fingerprint density at radius 2 is 1.92 bits per heavy atom. The van der Waals surface area contributed by atoms with E-state index in [1.54, 1.807) is 0 Å². The Hall–Kier alpha value is -0.530. The highest BCUT2D eigenvalue weighted by Gasteiger charge is 1.99. The van der Waals surface area contributed by atoms with E-state index in [1.165, 1.54) is 10.8 Å². The van der Waals surface area contributed by atoms with Gasteiger partial charge in [-0.3, -0.25) is 0 Å². The first-order valence-electron chi connectivity index (χ1n) is 4.04. The van der Waals surface area contributed by atoms with Gasteiger partial charge in [0.05, 0.1) is 0 Å². The van der Waals surface area contributed by atoms with Gasteiger partial charge in [0.25, 0.3) is 0 Å². The Morgan fingerprint density at radius 1 is 1.15 bits per heavy atom. The van der Waals surface area contributed by atoms with Crippen molar-refractivity contribution in [2.75, 3.05) is 0 Å². The van der Waals surface area contributed by atoms with Crippen molar-refractivity contribution in [3.63, 3.8) is 0 Å². The first kappa shape index (κ1) is 9.04. The summed E-state index contributed by atoms with van der Waals surface area (Å²) >= 11 is 9.31. The van der Waals surface area contributed by atoms with Gasteiger partial charge in [-0.1, -0.05) is 40.2 Å². The van der Waals surface area contributed by atoms with E-state index in [9.17, 15) is 0 Å². The van der Waals surface area contributed by atoms with Gasteiger partial charge in [-0.25, -0.2) is 0 Å². The van der Waals surface area contributed by atoms with Crippen LogP contribution in [0.25, 0.3) is 10.8 Å². The summed E-state index contributed by atoms with van der Waals surface area (Å²) in [5.74, 6) is 0.559. The molecular formula is C11H8BrCl. The van der Waals surface area contributed by atoms with Gasteiger partial charge in [-0.05, 0) is 28.5 Å². The van der Waals surface area contributed by atoms with E-state index in [4.69, 9.17) is 11.6 Å². The van der Waals surface area contributed by atoms with Crippen LogP contribution in [-0.2, 0) is 5.88 Å². The van der Waals surface area contributed by atoms with Crippen LogP contribution in [0, 0.1) is 0 Å². The first-order valence-corrected chi connectivity index (χ1v) is 5.37. The fourth-order valence-corrected chi connectivity index (χ4v) is 2.21. The van der Waals surface area contributed by atoms with Gasteiger partial charge in [-0.15, -0.1) is 11.6 Å². The minimum Gasteiger partial charge on any atom is -0.122 e. The quantitative estimate of drug-likeness (QED) is 0.665. The fraction of sp³-hybridized carbons (Fsp3) is 0.0909. The third-order valence-electron chi connectivity index (χ3n) is 2.03. The predicted octanol–water partition coefficient (Wildman–Crippen LogP) is 4.34. The molecule has 0 saturated heterocycles. The molecule has 0 radical (unpaired) electrons. The van der Waals surface area contributed by atoms with Gasteiger partial charge < -0.3 is 0 Å². The van der Waals surface area contributed by atoms with Crippen molar-refractivity contribution in [3.8, 4) is 0 Å². The number of fused-ring (bicyclic) bond motifs is 1. The standard InChI is InChI=1S/C11H8BrCl/c12-11-6-8(7-13)5-9-3-1-2-4-10(9)11/h1-6H,7H2. The molecule has 0 aliphatic heterocycles. The van der Waals surface area contributed by atoms with Gasteiger partial charge in [-0.2, -0.15) is 0 Å². The smallest absolute Gasteiger partial charge is 0.0474 e. The summed E-state index contributed by atoms with van der Waals surface area (Å²) in [6.45, 7) is 0. The lowest BCUT2D eigenvalue weighted by Crippen LogP contribution is -1.80. The normalized spacial score (nSPS) is 10.6. The Balaban J connectivity index is 2.77. The molecule has 0 amide bonds. The maximum Gasteiger partial charge on any atom is 0.0474 e. The number of halogens is 2. The molecule has 2 rings (SSSR count). The molecule has 0 unspecified atom stereocenters. The number of rotatable bonds is 1. The van der Waals surface area contributed by atoms with Crippen molar-refractivity contribution in [2.45, 2.75) is 5.88 Å². The monoisotopic (exact) mass is 254 g/mol. The molecule has 66 valence electrons. The summed E-state index contributed by atoms with van der Waals surface area (Å²) in [5, 5.41) is 2.46. The molecule has 2 heteroatoms. The van der Waals surface area contributed by atoms with Crippen molar-refractivity contribution in [1.82, 2.24) is 0 Å². The zero-order valence-electron chi connectivity index (χ0n) is 6.93. The van der Waals surface area contributed by atoms with E-state index in [1.807, 2.05) is 12.1 Å². The topological polar surface area (TPSA) is 0 Å². The Bertz CT molecular complexity index is 437. The zero-order valence-corrected chi connectivity index (χ0v) is 9.27. The van der Waals surface area contributed by atoms with Gasteiger partial charge >= 0.3 is 0 Å². The maximum absolute atomic E-state index is 5.78. The molecular weight excluding hydrogens is 247 g/mol. The molecule has 2 aromatic rings. The van der Waals surface area contributed by atoms with Crippen LogP contribution < -0.4 is 0 Å². The molecule has 0 heterocycles. The average Bonchev–Trinajstić information content (AvgIpc) is 2.18. The van der Waals surface area contributed by atoms with Crippen LogP contribution >= 0.6 is 27.5 Å².